The van der Waals surface area contributed by atoms with Gasteiger partial charge in [0.2, 0.25) is 5.90 Å². The number of fused-ring (bicyclic) bond motifs is 1. The van der Waals surface area contributed by atoms with Crippen molar-refractivity contribution >= 4 is 18.2 Å². The number of allylic oxidation sites excluding steroid dienone is 6. The number of ether oxygens (including phenoxy) is 2. The molecule has 0 N–H and O–H groups in total. The van der Waals surface area contributed by atoms with Gasteiger partial charge in [0, 0.05) is 16.2 Å². The first-order valence-electron chi connectivity index (χ1n) is 12.4. The fourth-order valence-corrected chi connectivity index (χ4v) is 4.19. The molecule has 3 rings (SSSR count). The summed E-state index contributed by atoms with van der Waals surface area (Å²) in [7, 11) is 0. The minimum Gasteiger partial charge on any atom is -0.477 e. The molecule has 3 heteroatoms. The molecular formula is C32H39NO2. The van der Waals surface area contributed by atoms with E-state index in [1.807, 2.05) is 49.4 Å². The lowest BCUT2D eigenvalue weighted by Crippen LogP contribution is -2.30. The van der Waals surface area contributed by atoms with E-state index in [-0.39, 0.29) is 11.5 Å². The Bertz CT molecular complexity index is 1190. The zero-order valence-corrected chi connectivity index (χ0v) is 21.7. The van der Waals surface area contributed by atoms with Crippen molar-refractivity contribution in [2.24, 2.45) is 22.2 Å². The van der Waals surface area contributed by atoms with Gasteiger partial charge in [-0.3, -0.25) is 0 Å². The van der Waals surface area contributed by atoms with Crippen LogP contribution in [0.3, 0.4) is 0 Å². The molecule has 35 heavy (non-hydrogen) atoms. The summed E-state index contributed by atoms with van der Waals surface area (Å²) in [5.41, 5.74) is 2.75. The highest BCUT2D eigenvalue weighted by Gasteiger charge is 2.41. The zero-order valence-electron chi connectivity index (χ0n) is 21.7. The summed E-state index contributed by atoms with van der Waals surface area (Å²) in [6.07, 6.45) is 17.3. The van der Waals surface area contributed by atoms with Crippen LogP contribution < -0.4 is 10.4 Å². The third-order valence-electron chi connectivity index (χ3n) is 6.31. The minimum absolute atomic E-state index is 0.106. The molecule has 0 radical (unpaired) electrons. The van der Waals surface area contributed by atoms with Gasteiger partial charge in [0.25, 0.3) is 0 Å². The summed E-state index contributed by atoms with van der Waals surface area (Å²) >= 11 is 0. The number of nitrogens with zero attached hydrogens (tertiary/aromatic N) is 1. The Morgan fingerprint density at radius 1 is 1.23 bits per heavy atom. The van der Waals surface area contributed by atoms with Crippen LogP contribution in [0.15, 0.2) is 102 Å². The lowest BCUT2D eigenvalue weighted by Gasteiger charge is -2.28. The normalized spacial score (nSPS) is 21.8. The largest absolute Gasteiger partial charge is 0.477 e. The Morgan fingerprint density at radius 2 is 2.00 bits per heavy atom. The van der Waals surface area contributed by atoms with Crippen LogP contribution in [-0.2, 0) is 9.47 Å². The van der Waals surface area contributed by atoms with Crippen LogP contribution in [0, 0.1) is 17.3 Å². The quantitative estimate of drug-likeness (QED) is 0.224. The maximum absolute atomic E-state index is 6.34. The lowest BCUT2D eigenvalue weighted by atomic mass is 9.95. The van der Waals surface area contributed by atoms with E-state index in [9.17, 15) is 0 Å². The van der Waals surface area contributed by atoms with Crippen LogP contribution in [0.2, 0.25) is 0 Å². The van der Waals surface area contributed by atoms with Crippen LogP contribution in [0.25, 0.3) is 12.3 Å². The van der Waals surface area contributed by atoms with Crippen molar-refractivity contribution in [2.45, 2.75) is 40.2 Å². The number of hydrogen-bond acceptors (Lipinski definition) is 3. The highest BCUT2D eigenvalue weighted by molar-refractivity contribution is 5.99. The predicted octanol–water partition coefficient (Wildman–Crippen LogP) is 6.06. The number of aliphatic imine (C=N–C) groups is 1. The Hall–Kier alpha value is -3.17. The summed E-state index contributed by atoms with van der Waals surface area (Å²) in [5, 5.41) is 1.86. The molecule has 2 aliphatic carbocycles. The van der Waals surface area contributed by atoms with Gasteiger partial charge in [-0.15, -0.1) is 0 Å². The van der Waals surface area contributed by atoms with Crippen molar-refractivity contribution in [2.75, 3.05) is 13.2 Å². The van der Waals surface area contributed by atoms with E-state index in [1.54, 1.807) is 12.2 Å². The van der Waals surface area contributed by atoms with E-state index in [0.29, 0.717) is 25.0 Å². The molecule has 1 saturated carbocycles. The van der Waals surface area contributed by atoms with E-state index < -0.39 is 0 Å². The first-order valence-corrected chi connectivity index (χ1v) is 12.4. The van der Waals surface area contributed by atoms with Crippen LogP contribution >= 0.6 is 0 Å². The molecule has 0 aromatic heterocycles. The van der Waals surface area contributed by atoms with Gasteiger partial charge in [0.1, 0.15) is 0 Å². The van der Waals surface area contributed by atoms with E-state index >= 15 is 0 Å². The standard InChI is InChI=1S/C32H39NO2/c1-8-14-25(10-3)31(33-30(15-9-2)27-18-12-11-16-23(27)4)35-22-32(6,7)21-34-24(5)28-19-13-17-26-20-29(26)28/h8-19,24,26,29H,1,3-4,20-22H2,2,5-7H3/b15-9?,25-14+,30-27+,33-31-. The molecule has 0 aliphatic heterocycles. The molecular weight excluding hydrogens is 430 g/mol. The maximum Gasteiger partial charge on any atom is 0.221 e. The van der Waals surface area contributed by atoms with E-state index in [0.717, 1.165) is 27.6 Å². The number of hydrogen-bond donors (Lipinski definition) is 0. The predicted molar refractivity (Wildman–Crippen MR) is 149 cm³/mol. The van der Waals surface area contributed by atoms with Gasteiger partial charge in [-0.2, -0.15) is 0 Å². The molecule has 0 saturated heterocycles. The fourth-order valence-electron chi connectivity index (χ4n) is 4.19. The Kier molecular flexibility index (Phi) is 9.06. The van der Waals surface area contributed by atoms with Crippen LogP contribution in [0.5, 0.6) is 0 Å². The highest BCUT2D eigenvalue weighted by atomic mass is 16.5. The molecule has 1 fully saturated rings. The molecule has 0 spiro atoms. The van der Waals surface area contributed by atoms with E-state index in [2.05, 4.69) is 58.7 Å². The van der Waals surface area contributed by atoms with Crippen molar-refractivity contribution in [1.29, 1.82) is 0 Å². The molecule has 3 atom stereocenters. The third kappa shape index (κ3) is 7.16. The SMILES string of the molecule is C=C/C=C(C=C)/C(=N/C(C=CC)=c1\ccccc1=C)OCC(C)(C)COC(C)C1=CC=CC2CC12. The van der Waals surface area contributed by atoms with Crippen molar-refractivity contribution in [3.8, 4) is 0 Å². The second-order valence-corrected chi connectivity index (χ2v) is 9.98. The Balaban J connectivity index is 1.80. The van der Waals surface area contributed by atoms with Gasteiger partial charge in [0.15, 0.2) is 0 Å². The van der Waals surface area contributed by atoms with Gasteiger partial charge < -0.3 is 9.47 Å². The Morgan fingerprint density at radius 3 is 2.69 bits per heavy atom. The second-order valence-electron chi connectivity index (χ2n) is 9.98. The monoisotopic (exact) mass is 469 g/mol. The third-order valence-corrected chi connectivity index (χ3v) is 6.31. The summed E-state index contributed by atoms with van der Waals surface area (Å²) in [4.78, 5) is 4.91. The molecule has 1 aromatic rings. The molecule has 3 nitrogen and oxygen atoms in total. The fraction of sp³-hybridized carbons (Fsp3) is 0.344. The summed E-state index contributed by atoms with van der Waals surface area (Å²) in [5.74, 6) is 1.89. The van der Waals surface area contributed by atoms with Gasteiger partial charge >= 0.3 is 0 Å². The van der Waals surface area contributed by atoms with Crippen molar-refractivity contribution in [3.63, 3.8) is 0 Å². The van der Waals surface area contributed by atoms with Gasteiger partial charge in [0.05, 0.1) is 25.0 Å². The van der Waals surface area contributed by atoms with Crippen molar-refractivity contribution < 1.29 is 9.47 Å². The van der Waals surface area contributed by atoms with Crippen LogP contribution in [-0.4, -0.2) is 25.2 Å². The van der Waals surface area contributed by atoms with Gasteiger partial charge in [-0.1, -0.05) is 100 Å². The summed E-state index contributed by atoms with van der Waals surface area (Å²) in [6.45, 7) is 21.4. The zero-order chi connectivity index (χ0) is 25.4. The molecule has 0 heterocycles. The van der Waals surface area contributed by atoms with E-state index in [4.69, 9.17) is 14.5 Å². The summed E-state index contributed by atoms with van der Waals surface area (Å²) < 4.78 is 12.7. The smallest absolute Gasteiger partial charge is 0.221 e. The molecule has 3 unspecified atom stereocenters. The molecule has 0 amide bonds. The van der Waals surface area contributed by atoms with Crippen molar-refractivity contribution in [3.05, 3.63) is 108 Å². The topological polar surface area (TPSA) is 30.8 Å². The van der Waals surface area contributed by atoms with E-state index in [1.165, 1.54) is 12.0 Å². The number of rotatable bonds is 11. The Labute approximate surface area is 211 Å². The average Bonchev–Trinajstić information content (AvgIpc) is 3.64. The lowest BCUT2D eigenvalue weighted by molar-refractivity contribution is 0.00505. The minimum atomic E-state index is -0.214. The molecule has 0 bridgehead atoms. The van der Waals surface area contributed by atoms with Crippen LogP contribution in [0.1, 0.15) is 34.1 Å². The number of benzene rings is 1. The van der Waals surface area contributed by atoms with Gasteiger partial charge in [-0.25, -0.2) is 4.99 Å². The second kappa shape index (κ2) is 12.0. The first kappa shape index (κ1) is 26.4. The molecule has 1 aromatic carbocycles. The molecule has 184 valence electrons. The van der Waals surface area contributed by atoms with Crippen molar-refractivity contribution in [1.82, 2.24) is 0 Å². The summed E-state index contributed by atoms with van der Waals surface area (Å²) in [6, 6.07) is 7.95. The highest BCUT2D eigenvalue weighted by Crippen LogP contribution is 2.48. The average molecular weight is 470 g/mol. The molecule has 2 aliphatic rings. The maximum atomic E-state index is 6.34. The van der Waals surface area contributed by atoms with Gasteiger partial charge in [-0.05, 0) is 49.0 Å². The first-order chi connectivity index (χ1) is 16.8. The van der Waals surface area contributed by atoms with Crippen LogP contribution in [0.4, 0.5) is 0 Å².